The minimum Gasteiger partial charge on any atom is -1.00 e. The predicted octanol–water partition coefficient (Wildman–Crippen LogP) is -1.47. The molecular formula is C13H18ClNS. The fourth-order valence-electron chi connectivity index (χ4n) is 2.97. The lowest BCUT2D eigenvalue weighted by molar-refractivity contribution is -0.664. The molecule has 1 spiro atoms. The smallest absolute Gasteiger partial charge is 0.0772 e. The van der Waals surface area contributed by atoms with E-state index >= 15 is 0 Å². The molecule has 0 amide bonds. The molecule has 1 saturated heterocycles. The average Bonchev–Trinajstić information content (AvgIpc) is 2.31. The lowest BCUT2D eigenvalue weighted by atomic mass is 9.85. The lowest BCUT2D eigenvalue weighted by Crippen LogP contribution is -3.00. The maximum absolute atomic E-state index is 2.46. The molecule has 88 valence electrons. The zero-order chi connectivity index (χ0) is 10.1. The van der Waals surface area contributed by atoms with E-state index in [0.717, 1.165) is 0 Å². The van der Waals surface area contributed by atoms with Gasteiger partial charge in [0.1, 0.15) is 0 Å². The standard InChI is InChI=1S/C13H17NS.ClH/c1-2-4-12-11(3-1)5-10-15-13(12)6-8-14-9-7-13;/h1-4,14H,5-10H2;1H. The Kier molecular flexibility index (Phi) is 3.83. The van der Waals surface area contributed by atoms with E-state index in [1.165, 1.54) is 38.1 Å². The summed E-state index contributed by atoms with van der Waals surface area (Å²) in [5.74, 6) is 1.32. The molecule has 1 fully saturated rings. The summed E-state index contributed by atoms with van der Waals surface area (Å²) in [6.45, 7) is 2.61. The van der Waals surface area contributed by atoms with Gasteiger partial charge in [-0.1, -0.05) is 24.3 Å². The molecule has 0 atom stereocenters. The van der Waals surface area contributed by atoms with Gasteiger partial charge in [0.25, 0.3) is 0 Å². The van der Waals surface area contributed by atoms with Crippen LogP contribution in [0.5, 0.6) is 0 Å². The first-order valence-corrected chi connectivity index (χ1v) is 6.93. The van der Waals surface area contributed by atoms with Crippen LogP contribution in [0.15, 0.2) is 24.3 Å². The summed E-state index contributed by atoms with van der Waals surface area (Å²) in [4.78, 5) is 0. The SMILES string of the molecule is [Cl-].c1ccc2c(c1)CCSC21CC[NH2+]CC1. The Morgan fingerprint density at radius 3 is 2.69 bits per heavy atom. The Labute approximate surface area is 108 Å². The first kappa shape index (κ1) is 12.3. The Balaban J connectivity index is 0.000000963. The van der Waals surface area contributed by atoms with Crippen molar-refractivity contribution < 1.29 is 17.7 Å². The normalized spacial score (nSPS) is 22.2. The topological polar surface area (TPSA) is 16.6 Å². The second kappa shape index (κ2) is 4.99. The Morgan fingerprint density at radius 1 is 1.12 bits per heavy atom. The van der Waals surface area contributed by atoms with Gasteiger partial charge in [-0.25, -0.2) is 0 Å². The number of piperidine rings is 1. The van der Waals surface area contributed by atoms with Crippen LogP contribution in [0, 0.1) is 0 Å². The summed E-state index contributed by atoms with van der Waals surface area (Å²) in [5.41, 5.74) is 3.26. The van der Waals surface area contributed by atoms with Gasteiger partial charge < -0.3 is 17.7 Å². The Bertz CT molecular complexity index is 361. The van der Waals surface area contributed by atoms with E-state index < -0.39 is 0 Å². The van der Waals surface area contributed by atoms with Crippen molar-refractivity contribution in [2.75, 3.05) is 18.8 Å². The highest BCUT2D eigenvalue weighted by molar-refractivity contribution is 8.00. The fraction of sp³-hybridized carbons (Fsp3) is 0.538. The van der Waals surface area contributed by atoms with Gasteiger partial charge in [0.2, 0.25) is 0 Å². The van der Waals surface area contributed by atoms with Crippen molar-refractivity contribution in [3.63, 3.8) is 0 Å². The molecule has 0 radical (unpaired) electrons. The third-order valence-corrected chi connectivity index (χ3v) is 5.35. The van der Waals surface area contributed by atoms with Crippen LogP contribution in [0.4, 0.5) is 0 Å². The molecular weight excluding hydrogens is 238 g/mol. The number of hydrogen-bond acceptors (Lipinski definition) is 1. The summed E-state index contributed by atoms with van der Waals surface area (Å²) in [7, 11) is 0. The lowest BCUT2D eigenvalue weighted by Gasteiger charge is -2.40. The molecule has 1 aromatic rings. The summed E-state index contributed by atoms with van der Waals surface area (Å²) in [6, 6.07) is 9.10. The fourth-order valence-corrected chi connectivity index (χ4v) is 4.56. The zero-order valence-electron chi connectivity index (χ0n) is 9.42. The van der Waals surface area contributed by atoms with Gasteiger partial charge in [-0.2, -0.15) is 0 Å². The minimum absolute atomic E-state index is 0. The van der Waals surface area contributed by atoms with E-state index in [1.54, 1.807) is 11.1 Å². The molecule has 2 aliphatic heterocycles. The monoisotopic (exact) mass is 255 g/mol. The van der Waals surface area contributed by atoms with Crippen LogP contribution in [-0.4, -0.2) is 18.8 Å². The van der Waals surface area contributed by atoms with Gasteiger partial charge in [-0.15, -0.1) is 11.8 Å². The Morgan fingerprint density at radius 2 is 1.88 bits per heavy atom. The second-order valence-electron chi connectivity index (χ2n) is 4.62. The van der Waals surface area contributed by atoms with Gasteiger partial charge in [0.15, 0.2) is 0 Å². The highest BCUT2D eigenvalue weighted by Crippen LogP contribution is 2.47. The molecule has 1 aromatic carbocycles. The van der Waals surface area contributed by atoms with Crippen LogP contribution in [0.1, 0.15) is 24.0 Å². The van der Waals surface area contributed by atoms with Crippen LogP contribution in [0.25, 0.3) is 0 Å². The van der Waals surface area contributed by atoms with Crippen LogP contribution in [-0.2, 0) is 11.2 Å². The highest BCUT2D eigenvalue weighted by atomic mass is 35.5. The van der Waals surface area contributed by atoms with Gasteiger partial charge >= 0.3 is 0 Å². The number of fused-ring (bicyclic) bond motifs is 2. The van der Waals surface area contributed by atoms with Gasteiger partial charge in [-0.3, -0.25) is 0 Å². The van der Waals surface area contributed by atoms with Crippen LogP contribution < -0.4 is 17.7 Å². The van der Waals surface area contributed by atoms with E-state index in [4.69, 9.17) is 0 Å². The number of halogens is 1. The van der Waals surface area contributed by atoms with E-state index in [0.29, 0.717) is 4.75 Å². The van der Waals surface area contributed by atoms with E-state index in [1.807, 2.05) is 0 Å². The number of rotatable bonds is 0. The Hall–Kier alpha value is -0.180. The highest BCUT2D eigenvalue weighted by Gasteiger charge is 2.39. The molecule has 16 heavy (non-hydrogen) atoms. The van der Waals surface area contributed by atoms with E-state index in [9.17, 15) is 0 Å². The molecule has 2 heterocycles. The molecule has 0 bridgehead atoms. The number of aryl methyl sites for hydroxylation is 1. The maximum Gasteiger partial charge on any atom is 0.0772 e. The van der Waals surface area contributed by atoms with Crippen LogP contribution in [0.3, 0.4) is 0 Å². The van der Waals surface area contributed by atoms with Crippen LogP contribution in [0.2, 0.25) is 0 Å². The third-order valence-electron chi connectivity index (χ3n) is 3.76. The molecule has 3 rings (SSSR count). The molecule has 2 N–H and O–H groups in total. The van der Waals surface area contributed by atoms with Gasteiger partial charge in [0.05, 0.1) is 17.8 Å². The summed E-state index contributed by atoms with van der Waals surface area (Å²) < 4.78 is 0.476. The largest absolute Gasteiger partial charge is 1.00 e. The summed E-state index contributed by atoms with van der Waals surface area (Å²) in [6.07, 6.45) is 3.98. The van der Waals surface area contributed by atoms with Gasteiger partial charge in [0, 0.05) is 12.8 Å². The van der Waals surface area contributed by atoms with Crippen molar-refractivity contribution in [2.45, 2.75) is 24.0 Å². The number of thioether (sulfide) groups is 1. The van der Waals surface area contributed by atoms with Crippen molar-refractivity contribution >= 4 is 11.8 Å². The second-order valence-corrected chi connectivity index (χ2v) is 6.09. The maximum atomic E-state index is 2.46. The molecule has 0 unspecified atom stereocenters. The first-order chi connectivity index (χ1) is 7.41. The molecule has 1 nitrogen and oxygen atoms in total. The third kappa shape index (κ3) is 1.99. The molecule has 0 aliphatic carbocycles. The molecule has 0 saturated carbocycles. The van der Waals surface area contributed by atoms with Gasteiger partial charge in [-0.05, 0) is 23.3 Å². The van der Waals surface area contributed by atoms with Crippen molar-refractivity contribution in [3.8, 4) is 0 Å². The molecule has 3 heteroatoms. The van der Waals surface area contributed by atoms with Crippen molar-refractivity contribution in [1.82, 2.24) is 0 Å². The van der Waals surface area contributed by atoms with Crippen LogP contribution >= 0.6 is 11.8 Å². The zero-order valence-corrected chi connectivity index (χ0v) is 11.0. The number of hydrogen-bond donors (Lipinski definition) is 1. The number of nitrogens with two attached hydrogens (primary N) is 1. The number of benzene rings is 1. The summed E-state index contributed by atoms with van der Waals surface area (Å²) >= 11 is 2.21. The van der Waals surface area contributed by atoms with Crippen molar-refractivity contribution in [1.29, 1.82) is 0 Å². The van der Waals surface area contributed by atoms with E-state index in [-0.39, 0.29) is 12.4 Å². The summed E-state index contributed by atoms with van der Waals surface area (Å²) in [5, 5.41) is 2.46. The predicted molar refractivity (Wildman–Crippen MR) is 65.2 cm³/mol. The van der Waals surface area contributed by atoms with Crippen molar-refractivity contribution in [2.24, 2.45) is 0 Å². The molecule has 2 aliphatic rings. The van der Waals surface area contributed by atoms with Crippen molar-refractivity contribution in [3.05, 3.63) is 35.4 Å². The van der Waals surface area contributed by atoms with E-state index in [2.05, 4.69) is 41.3 Å². The molecule has 0 aromatic heterocycles. The average molecular weight is 256 g/mol. The number of quaternary nitrogens is 1. The first-order valence-electron chi connectivity index (χ1n) is 5.95. The quantitative estimate of drug-likeness (QED) is 0.599. The minimum atomic E-state index is 0.